The Morgan fingerprint density at radius 3 is 3.18 bits per heavy atom. The fourth-order valence-electron chi connectivity index (χ4n) is 1.49. The highest BCUT2D eigenvalue weighted by atomic mass is 79.9. The average molecular weight is 295 g/mol. The molecular formula is C12H11BrN2O2. The van der Waals surface area contributed by atoms with Crippen molar-refractivity contribution in [2.45, 2.75) is 6.42 Å². The normalized spacial score (nSPS) is 11.2. The third-order valence-electron chi connectivity index (χ3n) is 2.34. The highest BCUT2D eigenvalue weighted by molar-refractivity contribution is 9.10. The molecule has 0 saturated heterocycles. The van der Waals surface area contributed by atoms with E-state index < -0.39 is 0 Å². The van der Waals surface area contributed by atoms with Crippen LogP contribution in [0.3, 0.4) is 0 Å². The van der Waals surface area contributed by atoms with Gasteiger partial charge in [-0.1, -0.05) is 22.0 Å². The summed E-state index contributed by atoms with van der Waals surface area (Å²) in [6, 6.07) is 5.89. The highest BCUT2D eigenvalue weighted by Crippen LogP contribution is 2.21. The lowest BCUT2D eigenvalue weighted by Gasteiger charge is -1.92. The van der Waals surface area contributed by atoms with E-state index in [0.717, 1.165) is 21.1 Å². The summed E-state index contributed by atoms with van der Waals surface area (Å²) in [5, 5.41) is 8.13. The minimum atomic E-state index is -0.260. The third kappa shape index (κ3) is 2.74. The lowest BCUT2D eigenvalue weighted by atomic mass is 10.2. The number of esters is 1. The van der Waals surface area contributed by atoms with E-state index in [2.05, 4.69) is 30.9 Å². The van der Waals surface area contributed by atoms with E-state index in [0.29, 0.717) is 0 Å². The number of rotatable bonds is 3. The maximum atomic E-state index is 10.9. The van der Waals surface area contributed by atoms with Gasteiger partial charge in [0.05, 0.1) is 24.7 Å². The monoisotopic (exact) mass is 294 g/mol. The van der Waals surface area contributed by atoms with Crippen molar-refractivity contribution in [1.29, 1.82) is 0 Å². The molecule has 0 spiro atoms. The number of hydrogen-bond acceptors (Lipinski definition) is 3. The second-order valence-corrected chi connectivity index (χ2v) is 4.40. The Hall–Kier alpha value is -1.62. The van der Waals surface area contributed by atoms with Crippen LogP contribution in [-0.4, -0.2) is 23.3 Å². The molecule has 0 aliphatic heterocycles. The minimum absolute atomic E-state index is 0.251. The molecule has 1 aromatic carbocycles. The van der Waals surface area contributed by atoms with Crippen molar-refractivity contribution < 1.29 is 9.53 Å². The second kappa shape index (κ2) is 5.14. The summed E-state index contributed by atoms with van der Waals surface area (Å²) in [6.07, 6.45) is 3.80. The molecule has 0 bridgehead atoms. The van der Waals surface area contributed by atoms with Gasteiger partial charge in [-0.05, 0) is 24.3 Å². The van der Waals surface area contributed by atoms with Crippen molar-refractivity contribution in [2.24, 2.45) is 0 Å². The zero-order valence-corrected chi connectivity index (χ0v) is 10.8. The van der Waals surface area contributed by atoms with Crippen LogP contribution in [0.15, 0.2) is 28.7 Å². The van der Waals surface area contributed by atoms with Crippen LogP contribution in [0.1, 0.15) is 12.1 Å². The van der Waals surface area contributed by atoms with Gasteiger partial charge in [0.15, 0.2) is 0 Å². The molecule has 2 aromatic rings. The third-order valence-corrected chi connectivity index (χ3v) is 2.84. The minimum Gasteiger partial charge on any atom is -0.469 e. The number of halogens is 1. The van der Waals surface area contributed by atoms with E-state index in [-0.39, 0.29) is 12.4 Å². The van der Waals surface area contributed by atoms with Gasteiger partial charge in [-0.15, -0.1) is 0 Å². The molecule has 0 aliphatic carbocycles. The van der Waals surface area contributed by atoms with Crippen molar-refractivity contribution in [3.63, 3.8) is 0 Å². The largest absolute Gasteiger partial charge is 0.469 e. The Morgan fingerprint density at radius 2 is 2.41 bits per heavy atom. The summed E-state index contributed by atoms with van der Waals surface area (Å²) in [6.45, 7) is 0. The molecular weight excluding hydrogens is 284 g/mol. The number of methoxy groups -OCH3 is 1. The van der Waals surface area contributed by atoms with E-state index in [1.54, 1.807) is 6.08 Å². The van der Waals surface area contributed by atoms with Gasteiger partial charge in [0.1, 0.15) is 0 Å². The fourth-order valence-corrected chi connectivity index (χ4v) is 1.85. The van der Waals surface area contributed by atoms with Gasteiger partial charge in [-0.2, -0.15) is 5.10 Å². The summed E-state index contributed by atoms with van der Waals surface area (Å²) in [5.41, 5.74) is 1.77. The average Bonchev–Trinajstić information content (AvgIpc) is 2.71. The van der Waals surface area contributed by atoms with Crippen LogP contribution < -0.4 is 0 Å². The van der Waals surface area contributed by atoms with Crippen molar-refractivity contribution >= 4 is 38.9 Å². The van der Waals surface area contributed by atoms with Crippen LogP contribution in [-0.2, 0) is 9.53 Å². The van der Waals surface area contributed by atoms with Crippen molar-refractivity contribution in [3.05, 3.63) is 34.4 Å². The van der Waals surface area contributed by atoms with Crippen LogP contribution >= 0.6 is 15.9 Å². The zero-order chi connectivity index (χ0) is 12.3. The van der Waals surface area contributed by atoms with Crippen LogP contribution in [0.2, 0.25) is 0 Å². The number of aromatic amines is 1. The van der Waals surface area contributed by atoms with Gasteiger partial charge in [0.25, 0.3) is 0 Å². The van der Waals surface area contributed by atoms with Gasteiger partial charge >= 0.3 is 5.97 Å². The molecule has 17 heavy (non-hydrogen) atoms. The number of ether oxygens (including phenoxy) is 1. The summed E-state index contributed by atoms with van der Waals surface area (Å²) >= 11 is 3.40. The smallest absolute Gasteiger partial charge is 0.309 e. The fraction of sp³-hybridized carbons (Fsp3) is 0.167. The number of H-pyrrole nitrogens is 1. The molecule has 5 heteroatoms. The Bertz CT molecular complexity index is 575. The summed E-state index contributed by atoms with van der Waals surface area (Å²) < 4.78 is 5.55. The SMILES string of the molecule is COC(=O)CC=Cc1n[nH]c2cc(Br)ccc12. The number of carbonyl (C=O) groups excluding carboxylic acids is 1. The first kappa shape index (κ1) is 11.9. The van der Waals surface area contributed by atoms with E-state index in [9.17, 15) is 4.79 Å². The molecule has 0 aliphatic rings. The summed E-state index contributed by atoms with van der Waals surface area (Å²) in [7, 11) is 1.37. The van der Waals surface area contributed by atoms with E-state index in [1.165, 1.54) is 7.11 Å². The van der Waals surface area contributed by atoms with E-state index in [1.807, 2.05) is 24.3 Å². The van der Waals surface area contributed by atoms with Crippen LogP contribution in [0.4, 0.5) is 0 Å². The Kier molecular flexibility index (Phi) is 3.58. The number of carbonyl (C=O) groups is 1. The maximum Gasteiger partial charge on any atom is 0.309 e. The number of benzene rings is 1. The molecule has 1 N–H and O–H groups in total. The molecule has 1 aromatic heterocycles. The Labute approximate surface area is 107 Å². The van der Waals surface area contributed by atoms with Gasteiger partial charge in [0.2, 0.25) is 0 Å². The van der Waals surface area contributed by atoms with Gasteiger partial charge in [0, 0.05) is 9.86 Å². The van der Waals surface area contributed by atoms with Crippen LogP contribution in [0, 0.1) is 0 Å². The van der Waals surface area contributed by atoms with Gasteiger partial charge in [-0.3, -0.25) is 9.89 Å². The topological polar surface area (TPSA) is 55.0 Å². The quantitative estimate of drug-likeness (QED) is 0.886. The molecule has 4 nitrogen and oxygen atoms in total. The highest BCUT2D eigenvalue weighted by Gasteiger charge is 2.03. The Morgan fingerprint density at radius 1 is 1.59 bits per heavy atom. The summed E-state index contributed by atoms with van der Waals surface area (Å²) in [4.78, 5) is 10.9. The number of fused-ring (bicyclic) bond motifs is 1. The lowest BCUT2D eigenvalue weighted by Crippen LogP contribution is -1.96. The van der Waals surface area contributed by atoms with Gasteiger partial charge in [-0.25, -0.2) is 0 Å². The zero-order valence-electron chi connectivity index (χ0n) is 9.24. The predicted molar refractivity (Wildman–Crippen MR) is 69.5 cm³/mol. The van der Waals surface area contributed by atoms with E-state index in [4.69, 9.17) is 0 Å². The lowest BCUT2D eigenvalue weighted by molar-refractivity contribution is -0.139. The van der Waals surface area contributed by atoms with Crippen molar-refractivity contribution in [1.82, 2.24) is 10.2 Å². The van der Waals surface area contributed by atoms with Crippen LogP contribution in [0.25, 0.3) is 17.0 Å². The molecule has 0 saturated carbocycles. The maximum absolute atomic E-state index is 10.9. The first-order chi connectivity index (χ1) is 8.20. The standard InChI is InChI=1S/C12H11BrN2O2/c1-17-12(16)4-2-3-10-9-6-5-8(13)7-11(9)15-14-10/h2-3,5-7H,4H2,1H3,(H,14,15). The molecule has 0 atom stereocenters. The number of nitrogens with one attached hydrogen (secondary N) is 1. The molecule has 88 valence electrons. The predicted octanol–water partition coefficient (Wildman–Crippen LogP) is 2.90. The molecule has 2 rings (SSSR count). The van der Waals surface area contributed by atoms with E-state index >= 15 is 0 Å². The number of nitrogens with zero attached hydrogens (tertiary/aromatic N) is 1. The number of hydrogen-bond donors (Lipinski definition) is 1. The number of aromatic nitrogens is 2. The molecule has 0 fully saturated rings. The van der Waals surface area contributed by atoms with Crippen molar-refractivity contribution in [2.75, 3.05) is 7.11 Å². The van der Waals surface area contributed by atoms with Crippen molar-refractivity contribution in [3.8, 4) is 0 Å². The van der Waals surface area contributed by atoms with Gasteiger partial charge < -0.3 is 4.74 Å². The second-order valence-electron chi connectivity index (χ2n) is 3.48. The first-order valence-corrected chi connectivity index (χ1v) is 5.87. The van der Waals surface area contributed by atoms with Crippen LogP contribution in [0.5, 0.6) is 0 Å². The summed E-state index contributed by atoms with van der Waals surface area (Å²) in [5.74, 6) is -0.260. The molecule has 0 amide bonds. The Balaban J connectivity index is 2.22. The molecule has 1 heterocycles. The molecule has 0 radical (unpaired) electrons. The first-order valence-electron chi connectivity index (χ1n) is 5.07. The molecule has 0 unspecified atom stereocenters.